The lowest BCUT2D eigenvalue weighted by atomic mass is 10.2. The van der Waals surface area contributed by atoms with Crippen LogP contribution in [0.4, 0.5) is 0 Å². The Kier molecular flexibility index (Phi) is 6.46. The van der Waals surface area contributed by atoms with Crippen LogP contribution in [0.5, 0.6) is 0 Å². The average molecular weight is 367 g/mol. The standard InChI is InChI=1S/C20H21N3O2S/c24-14-18-13-23(12-17-9-5-2-6-10-17)20(22-18)26-15-19(25)21-11-16-7-3-1-4-8-16/h1-10,13,24H,11-12,14-15H2,(H,21,25). The lowest BCUT2D eigenvalue weighted by Crippen LogP contribution is -2.24. The Bertz CT molecular complexity index is 835. The van der Waals surface area contributed by atoms with Gasteiger partial charge in [0.15, 0.2) is 5.16 Å². The molecule has 5 nitrogen and oxygen atoms in total. The molecule has 2 N–H and O–H groups in total. The molecule has 134 valence electrons. The molecule has 3 rings (SSSR count). The topological polar surface area (TPSA) is 67.1 Å². The minimum Gasteiger partial charge on any atom is -0.390 e. The van der Waals surface area contributed by atoms with Crippen molar-refractivity contribution < 1.29 is 9.90 Å². The van der Waals surface area contributed by atoms with Gasteiger partial charge in [-0.2, -0.15) is 0 Å². The van der Waals surface area contributed by atoms with Crippen LogP contribution in [0.15, 0.2) is 72.0 Å². The largest absolute Gasteiger partial charge is 0.390 e. The van der Waals surface area contributed by atoms with E-state index >= 15 is 0 Å². The highest BCUT2D eigenvalue weighted by Gasteiger charge is 2.11. The summed E-state index contributed by atoms with van der Waals surface area (Å²) in [6.45, 7) is 1.05. The van der Waals surface area contributed by atoms with E-state index < -0.39 is 0 Å². The van der Waals surface area contributed by atoms with E-state index in [4.69, 9.17) is 0 Å². The maximum Gasteiger partial charge on any atom is 0.230 e. The maximum atomic E-state index is 12.1. The number of imidazole rings is 1. The first kappa shape index (κ1) is 18.2. The summed E-state index contributed by atoms with van der Waals surface area (Å²) in [6.07, 6.45) is 1.83. The Labute approximate surface area is 157 Å². The van der Waals surface area contributed by atoms with E-state index in [9.17, 15) is 9.90 Å². The van der Waals surface area contributed by atoms with Crippen molar-refractivity contribution in [1.82, 2.24) is 14.9 Å². The van der Waals surface area contributed by atoms with E-state index in [2.05, 4.69) is 10.3 Å². The second kappa shape index (κ2) is 9.22. The van der Waals surface area contributed by atoms with Crippen LogP contribution in [-0.2, 0) is 24.5 Å². The molecule has 2 aromatic carbocycles. The van der Waals surface area contributed by atoms with Gasteiger partial charge in [0.1, 0.15) is 0 Å². The zero-order valence-electron chi connectivity index (χ0n) is 14.3. The summed E-state index contributed by atoms with van der Waals surface area (Å²) < 4.78 is 1.97. The second-order valence-electron chi connectivity index (χ2n) is 5.84. The monoisotopic (exact) mass is 367 g/mol. The zero-order chi connectivity index (χ0) is 18.2. The highest BCUT2D eigenvalue weighted by molar-refractivity contribution is 7.99. The molecular weight excluding hydrogens is 346 g/mol. The Morgan fingerprint density at radius 2 is 1.69 bits per heavy atom. The summed E-state index contributed by atoms with van der Waals surface area (Å²) in [5.74, 6) is 0.238. The molecule has 0 aliphatic carbocycles. The fraction of sp³-hybridized carbons (Fsp3) is 0.200. The first-order chi connectivity index (χ1) is 12.7. The smallest absolute Gasteiger partial charge is 0.230 e. The van der Waals surface area contributed by atoms with Crippen molar-refractivity contribution in [3.8, 4) is 0 Å². The number of carbonyl (C=O) groups excluding carboxylic acids is 1. The van der Waals surface area contributed by atoms with Gasteiger partial charge in [-0.25, -0.2) is 4.98 Å². The van der Waals surface area contributed by atoms with Crippen molar-refractivity contribution in [3.63, 3.8) is 0 Å². The summed E-state index contributed by atoms with van der Waals surface area (Å²) >= 11 is 1.37. The molecule has 0 fully saturated rings. The fourth-order valence-electron chi connectivity index (χ4n) is 2.51. The number of benzene rings is 2. The number of hydrogen-bond acceptors (Lipinski definition) is 4. The van der Waals surface area contributed by atoms with Gasteiger partial charge in [0, 0.05) is 19.3 Å². The average Bonchev–Trinajstić information content (AvgIpc) is 3.08. The molecule has 26 heavy (non-hydrogen) atoms. The summed E-state index contributed by atoms with van der Waals surface area (Å²) in [7, 11) is 0. The van der Waals surface area contributed by atoms with Crippen LogP contribution < -0.4 is 5.32 Å². The van der Waals surface area contributed by atoms with Crippen LogP contribution in [0.25, 0.3) is 0 Å². The zero-order valence-corrected chi connectivity index (χ0v) is 15.2. The van der Waals surface area contributed by atoms with E-state index in [1.807, 2.05) is 71.4 Å². The Morgan fingerprint density at radius 1 is 1.04 bits per heavy atom. The van der Waals surface area contributed by atoms with Gasteiger partial charge in [0.25, 0.3) is 0 Å². The van der Waals surface area contributed by atoms with E-state index in [0.29, 0.717) is 18.8 Å². The number of carbonyl (C=O) groups is 1. The lowest BCUT2D eigenvalue weighted by Gasteiger charge is -2.08. The van der Waals surface area contributed by atoms with Gasteiger partial charge in [0.05, 0.1) is 18.1 Å². The van der Waals surface area contributed by atoms with E-state index in [-0.39, 0.29) is 18.3 Å². The molecule has 0 bridgehead atoms. The summed E-state index contributed by atoms with van der Waals surface area (Å²) in [4.78, 5) is 16.5. The number of thioether (sulfide) groups is 1. The second-order valence-corrected chi connectivity index (χ2v) is 6.78. The molecule has 0 spiro atoms. The third-order valence-corrected chi connectivity index (χ3v) is 4.80. The molecule has 1 aromatic heterocycles. The highest BCUT2D eigenvalue weighted by atomic mass is 32.2. The van der Waals surface area contributed by atoms with Crippen LogP contribution in [0.2, 0.25) is 0 Å². The van der Waals surface area contributed by atoms with Crippen molar-refractivity contribution >= 4 is 17.7 Å². The van der Waals surface area contributed by atoms with Crippen molar-refractivity contribution in [3.05, 3.63) is 83.7 Å². The Hall–Kier alpha value is -2.57. The molecule has 1 amide bonds. The number of nitrogens with zero attached hydrogens (tertiary/aromatic N) is 2. The number of aliphatic hydroxyl groups is 1. The minimum absolute atomic E-state index is 0.0429. The number of rotatable bonds is 8. The van der Waals surface area contributed by atoms with Crippen LogP contribution >= 0.6 is 11.8 Å². The maximum absolute atomic E-state index is 12.1. The SMILES string of the molecule is O=C(CSc1nc(CO)cn1Cc1ccccc1)NCc1ccccc1. The third-order valence-electron chi connectivity index (χ3n) is 3.81. The molecule has 3 aromatic rings. The van der Waals surface area contributed by atoms with Gasteiger partial charge in [-0.05, 0) is 11.1 Å². The van der Waals surface area contributed by atoms with Gasteiger partial charge in [-0.1, -0.05) is 72.4 Å². The number of hydrogen-bond donors (Lipinski definition) is 2. The van der Waals surface area contributed by atoms with Gasteiger partial charge in [0.2, 0.25) is 5.91 Å². The van der Waals surface area contributed by atoms with Crippen molar-refractivity contribution in [2.24, 2.45) is 0 Å². The Morgan fingerprint density at radius 3 is 2.35 bits per heavy atom. The molecule has 0 saturated carbocycles. The number of aliphatic hydroxyl groups excluding tert-OH is 1. The first-order valence-electron chi connectivity index (χ1n) is 8.39. The summed E-state index contributed by atoms with van der Waals surface area (Å²) in [5, 5.41) is 13.0. The number of amides is 1. The summed E-state index contributed by atoms with van der Waals surface area (Å²) in [6, 6.07) is 19.8. The minimum atomic E-state index is -0.116. The van der Waals surface area contributed by atoms with Crippen molar-refractivity contribution in [2.45, 2.75) is 24.9 Å². The summed E-state index contributed by atoms with van der Waals surface area (Å²) in [5.41, 5.74) is 2.82. The molecule has 0 saturated heterocycles. The van der Waals surface area contributed by atoms with E-state index in [0.717, 1.165) is 16.3 Å². The van der Waals surface area contributed by atoms with E-state index in [1.54, 1.807) is 0 Å². The fourth-order valence-corrected chi connectivity index (χ4v) is 3.34. The van der Waals surface area contributed by atoms with Crippen LogP contribution in [-0.4, -0.2) is 26.3 Å². The number of aromatic nitrogens is 2. The van der Waals surface area contributed by atoms with Crippen LogP contribution in [0, 0.1) is 0 Å². The quantitative estimate of drug-likeness (QED) is 0.601. The molecule has 0 atom stereocenters. The number of nitrogens with one attached hydrogen (secondary N) is 1. The van der Waals surface area contributed by atoms with Crippen LogP contribution in [0.3, 0.4) is 0 Å². The Balaban J connectivity index is 1.58. The third kappa shape index (κ3) is 5.21. The van der Waals surface area contributed by atoms with Crippen molar-refractivity contribution in [1.29, 1.82) is 0 Å². The van der Waals surface area contributed by atoms with Gasteiger partial charge in [-0.3, -0.25) is 4.79 Å². The molecule has 1 heterocycles. The van der Waals surface area contributed by atoms with Gasteiger partial charge in [-0.15, -0.1) is 0 Å². The van der Waals surface area contributed by atoms with Gasteiger partial charge >= 0.3 is 0 Å². The molecule has 0 aliphatic heterocycles. The molecule has 6 heteroatoms. The molecule has 0 radical (unpaired) electrons. The lowest BCUT2D eigenvalue weighted by molar-refractivity contribution is -0.118. The van der Waals surface area contributed by atoms with Crippen molar-refractivity contribution in [2.75, 3.05) is 5.75 Å². The highest BCUT2D eigenvalue weighted by Crippen LogP contribution is 2.19. The normalized spacial score (nSPS) is 10.7. The van der Waals surface area contributed by atoms with Crippen LogP contribution in [0.1, 0.15) is 16.8 Å². The molecule has 0 unspecified atom stereocenters. The van der Waals surface area contributed by atoms with Gasteiger partial charge < -0.3 is 15.0 Å². The first-order valence-corrected chi connectivity index (χ1v) is 9.37. The molecular formula is C20H21N3O2S. The molecule has 0 aliphatic rings. The predicted molar refractivity (Wildman–Crippen MR) is 103 cm³/mol. The predicted octanol–water partition coefficient (Wildman–Crippen LogP) is 2.83. The van der Waals surface area contributed by atoms with E-state index in [1.165, 1.54) is 11.8 Å².